The molecular formula is C16H22N4O4S. The van der Waals surface area contributed by atoms with Crippen molar-refractivity contribution in [2.75, 3.05) is 20.3 Å². The van der Waals surface area contributed by atoms with E-state index in [1.54, 1.807) is 43.3 Å². The average molecular weight is 366 g/mol. The van der Waals surface area contributed by atoms with Crippen molar-refractivity contribution in [2.45, 2.75) is 17.9 Å². The Kier molecular flexibility index (Phi) is 6.68. The summed E-state index contributed by atoms with van der Waals surface area (Å²) in [6.45, 7) is 1.08. The van der Waals surface area contributed by atoms with Crippen LogP contribution in [0.25, 0.3) is 0 Å². The van der Waals surface area contributed by atoms with E-state index in [9.17, 15) is 13.2 Å². The zero-order valence-electron chi connectivity index (χ0n) is 14.2. The van der Waals surface area contributed by atoms with Gasteiger partial charge >= 0.3 is 0 Å². The van der Waals surface area contributed by atoms with E-state index in [-0.39, 0.29) is 22.9 Å². The Morgan fingerprint density at radius 2 is 2.16 bits per heavy atom. The van der Waals surface area contributed by atoms with Crippen molar-refractivity contribution in [1.29, 1.82) is 0 Å². The molecule has 0 spiro atoms. The fourth-order valence-electron chi connectivity index (χ4n) is 2.13. The SMILES string of the molecule is COCCCNC(=O)c1cccc(S(=O)(=O)NCc2nccn2C)c1. The highest BCUT2D eigenvalue weighted by Gasteiger charge is 2.17. The standard InChI is InChI=1S/C16H22N4O4S/c1-20-9-8-17-15(20)12-19-25(22,23)14-6-3-5-13(11-14)16(21)18-7-4-10-24-2/h3,5-6,8-9,11,19H,4,7,10,12H2,1-2H3,(H,18,21). The minimum absolute atomic E-state index is 0.0336. The number of hydrogen-bond donors (Lipinski definition) is 2. The van der Waals surface area contributed by atoms with Crippen molar-refractivity contribution >= 4 is 15.9 Å². The fourth-order valence-corrected chi connectivity index (χ4v) is 3.16. The largest absolute Gasteiger partial charge is 0.385 e. The number of ether oxygens (including phenoxy) is 1. The van der Waals surface area contributed by atoms with Gasteiger partial charge in [0.05, 0.1) is 11.4 Å². The zero-order valence-corrected chi connectivity index (χ0v) is 15.0. The number of aryl methyl sites for hydroxylation is 1. The second-order valence-electron chi connectivity index (χ2n) is 5.41. The number of aromatic nitrogens is 2. The van der Waals surface area contributed by atoms with Crippen LogP contribution in [0.1, 0.15) is 22.6 Å². The first-order chi connectivity index (χ1) is 11.9. The summed E-state index contributed by atoms with van der Waals surface area (Å²) in [5.41, 5.74) is 0.289. The van der Waals surface area contributed by atoms with Gasteiger partial charge in [-0.05, 0) is 24.6 Å². The number of nitrogens with zero attached hydrogens (tertiary/aromatic N) is 2. The van der Waals surface area contributed by atoms with E-state index in [2.05, 4.69) is 15.0 Å². The van der Waals surface area contributed by atoms with Gasteiger partial charge < -0.3 is 14.6 Å². The first-order valence-electron chi connectivity index (χ1n) is 7.77. The Morgan fingerprint density at radius 3 is 2.84 bits per heavy atom. The van der Waals surface area contributed by atoms with E-state index >= 15 is 0 Å². The molecule has 0 unspecified atom stereocenters. The van der Waals surface area contributed by atoms with Crippen LogP contribution in [0.3, 0.4) is 0 Å². The highest BCUT2D eigenvalue weighted by molar-refractivity contribution is 7.89. The van der Waals surface area contributed by atoms with Crippen LogP contribution in [-0.4, -0.2) is 44.1 Å². The van der Waals surface area contributed by atoms with Crippen LogP contribution in [-0.2, 0) is 28.4 Å². The lowest BCUT2D eigenvalue weighted by Crippen LogP contribution is -2.27. The van der Waals surface area contributed by atoms with Crippen molar-refractivity contribution in [3.05, 3.63) is 48.0 Å². The zero-order chi connectivity index (χ0) is 18.3. The predicted molar refractivity (Wildman–Crippen MR) is 92.5 cm³/mol. The first kappa shape index (κ1) is 19.1. The topological polar surface area (TPSA) is 102 Å². The molecule has 1 aromatic heterocycles. The Hall–Kier alpha value is -2.23. The molecule has 2 rings (SSSR count). The number of amides is 1. The lowest BCUT2D eigenvalue weighted by Gasteiger charge is -2.09. The smallest absolute Gasteiger partial charge is 0.251 e. The number of sulfonamides is 1. The molecule has 0 atom stereocenters. The summed E-state index contributed by atoms with van der Waals surface area (Å²) in [4.78, 5) is 16.2. The van der Waals surface area contributed by atoms with Crippen LogP contribution in [0.2, 0.25) is 0 Å². The van der Waals surface area contributed by atoms with Gasteiger partial charge in [0.25, 0.3) is 5.91 Å². The molecule has 9 heteroatoms. The lowest BCUT2D eigenvalue weighted by atomic mass is 10.2. The van der Waals surface area contributed by atoms with E-state index in [1.165, 1.54) is 12.1 Å². The van der Waals surface area contributed by atoms with Gasteiger partial charge in [0.1, 0.15) is 5.82 Å². The molecular weight excluding hydrogens is 344 g/mol. The van der Waals surface area contributed by atoms with E-state index < -0.39 is 10.0 Å². The number of benzene rings is 1. The number of hydrogen-bond acceptors (Lipinski definition) is 5. The molecule has 0 aliphatic rings. The third-order valence-corrected chi connectivity index (χ3v) is 4.96. The summed E-state index contributed by atoms with van der Waals surface area (Å²) in [6.07, 6.45) is 4.02. The maximum atomic E-state index is 12.4. The molecule has 2 N–H and O–H groups in total. The number of nitrogens with one attached hydrogen (secondary N) is 2. The molecule has 8 nitrogen and oxygen atoms in total. The number of imidazole rings is 1. The van der Waals surface area contributed by atoms with E-state index in [0.29, 0.717) is 25.4 Å². The van der Waals surface area contributed by atoms with Gasteiger partial charge in [-0.1, -0.05) is 6.07 Å². The quantitative estimate of drug-likeness (QED) is 0.635. The van der Waals surface area contributed by atoms with Crippen LogP contribution in [0.5, 0.6) is 0 Å². The highest BCUT2D eigenvalue weighted by atomic mass is 32.2. The first-order valence-corrected chi connectivity index (χ1v) is 9.25. The molecule has 136 valence electrons. The van der Waals surface area contributed by atoms with Crippen molar-refractivity contribution in [1.82, 2.24) is 19.6 Å². The lowest BCUT2D eigenvalue weighted by molar-refractivity contribution is 0.0948. The molecule has 0 bridgehead atoms. The second-order valence-corrected chi connectivity index (χ2v) is 7.18. The molecule has 0 saturated heterocycles. The predicted octanol–water partition coefficient (Wildman–Crippen LogP) is 0.665. The van der Waals surface area contributed by atoms with Crippen LogP contribution in [0.15, 0.2) is 41.6 Å². The van der Waals surface area contributed by atoms with E-state index in [4.69, 9.17) is 4.74 Å². The average Bonchev–Trinajstić information content (AvgIpc) is 3.02. The molecule has 0 saturated carbocycles. The molecule has 2 aromatic rings. The maximum absolute atomic E-state index is 12.4. The van der Waals surface area contributed by atoms with Gasteiger partial charge in [-0.2, -0.15) is 0 Å². The summed E-state index contributed by atoms with van der Waals surface area (Å²) >= 11 is 0. The van der Waals surface area contributed by atoms with Gasteiger partial charge in [-0.15, -0.1) is 0 Å². The van der Waals surface area contributed by atoms with Crippen molar-refractivity contribution in [3.63, 3.8) is 0 Å². The van der Waals surface area contributed by atoms with Crippen molar-refractivity contribution in [3.8, 4) is 0 Å². The molecule has 1 aromatic carbocycles. The molecule has 1 amide bonds. The monoisotopic (exact) mass is 366 g/mol. The Bertz CT molecular complexity index is 817. The second kappa shape index (κ2) is 8.75. The summed E-state index contributed by atoms with van der Waals surface area (Å²) in [7, 11) is -0.367. The number of rotatable bonds is 9. The van der Waals surface area contributed by atoms with Crippen LogP contribution < -0.4 is 10.0 Å². The van der Waals surface area contributed by atoms with Crippen molar-refractivity contribution in [2.24, 2.45) is 7.05 Å². The summed E-state index contributed by atoms with van der Waals surface area (Å²) in [5.74, 6) is 0.271. The summed E-state index contributed by atoms with van der Waals surface area (Å²) in [5, 5.41) is 2.73. The van der Waals surface area contributed by atoms with Gasteiger partial charge in [0, 0.05) is 45.3 Å². The minimum Gasteiger partial charge on any atom is -0.385 e. The van der Waals surface area contributed by atoms with Crippen LogP contribution in [0.4, 0.5) is 0 Å². The summed E-state index contributed by atoms with van der Waals surface area (Å²) in [6, 6.07) is 5.91. The van der Waals surface area contributed by atoms with E-state index in [1.807, 2.05) is 0 Å². The van der Waals surface area contributed by atoms with Gasteiger partial charge in [0.2, 0.25) is 10.0 Å². The highest BCUT2D eigenvalue weighted by Crippen LogP contribution is 2.12. The Balaban J connectivity index is 2.03. The third kappa shape index (κ3) is 5.38. The minimum atomic E-state index is -3.74. The molecule has 0 aliphatic heterocycles. The molecule has 0 aliphatic carbocycles. The Labute approximate surface area is 147 Å². The molecule has 0 fully saturated rings. The fraction of sp³-hybridized carbons (Fsp3) is 0.375. The number of carbonyl (C=O) groups excluding carboxylic acids is 1. The Morgan fingerprint density at radius 1 is 1.36 bits per heavy atom. The molecule has 0 radical (unpaired) electrons. The summed E-state index contributed by atoms with van der Waals surface area (Å²) < 4.78 is 34.0. The van der Waals surface area contributed by atoms with Gasteiger partial charge in [-0.25, -0.2) is 18.1 Å². The van der Waals surface area contributed by atoms with Crippen LogP contribution in [0, 0.1) is 0 Å². The number of carbonyl (C=O) groups is 1. The molecule has 25 heavy (non-hydrogen) atoms. The van der Waals surface area contributed by atoms with Crippen LogP contribution >= 0.6 is 0 Å². The third-order valence-electron chi connectivity index (χ3n) is 3.56. The normalized spacial score (nSPS) is 11.4. The maximum Gasteiger partial charge on any atom is 0.251 e. The van der Waals surface area contributed by atoms with E-state index in [0.717, 1.165) is 0 Å². The van der Waals surface area contributed by atoms with Crippen molar-refractivity contribution < 1.29 is 17.9 Å². The van der Waals surface area contributed by atoms with Gasteiger partial charge in [0.15, 0.2) is 0 Å². The van der Waals surface area contributed by atoms with Gasteiger partial charge in [-0.3, -0.25) is 4.79 Å². The number of methoxy groups -OCH3 is 1. The molecule has 1 heterocycles.